The van der Waals surface area contributed by atoms with E-state index < -0.39 is 16.0 Å². The van der Waals surface area contributed by atoms with Crippen molar-refractivity contribution in [1.29, 1.82) is 0 Å². The second-order valence-electron chi connectivity index (χ2n) is 4.87. The van der Waals surface area contributed by atoms with Crippen molar-refractivity contribution >= 4 is 27.3 Å². The lowest BCUT2D eigenvalue weighted by Gasteiger charge is -2.25. The molecule has 1 aliphatic heterocycles. The number of sulfonamides is 1. The largest absolute Gasteiger partial charge is 0.478 e. The van der Waals surface area contributed by atoms with Crippen molar-refractivity contribution in [2.75, 3.05) is 6.54 Å². The summed E-state index contributed by atoms with van der Waals surface area (Å²) in [6.07, 6.45) is 3.00. The molecule has 0 radical (unpaired) electrons. The average molecular weight is 287 g/mol. The van der Waals surface area contributed by atoms with E-state index in [4.69, 9.17) is 5.11 Å². The van der Waals surface area contributed by atoms with Crippen molar-refractivity contribution < 1.29 is 18.3 Å². The highest BCUT2D eigenvalue weighted by molar-refractivity contribution is 7.91. The van der Waals surface area contributed by atoms with Gasteiger partial charge in [0.25, 0.3) is 10.0 Å². The first kappa shape index (κ1) is 12.1. The standard InChI is InChI=1S/C11H13NO4S2/c13-11(14)8-4-10(17-6-8)18(15,16)12-5-7-1-2-9(12)3-7/h4,6-7,9H,1-3,5H2,(H,13,14). The molecule has 1 aromatic rings. The van der Waals surface area contributed by atoms with Crippen molar-refractivity contribution in [3.8, 4) is 0 Å². The molecule has 2 fully saturated rings. The molecule has 3 rings (SSSR count). The summed E-state index contributed by atoms with van der Waals surface area (Å²) in [5, 5.41) is 10.2. The summed E-state index contributed by atoms with van der Waals surface area (Å²) < 4.78 is 26.5. The molecule has 5 nitrogen and oxygen atoms in total. The summed E-state index contributed by atoms with van der Waals surface area (Å²) in [6, 6.07) is 1.38. The van der Waals surface area contributed by atoms with Gasteiger partial charge in [0.05, 0.1) is 5.56 Å². The van der Waals surface area contributed by atoms with Gasteiger partial charge < -0.3 is 5.11 Å². The van der Waals surface area contributed by atoms with Crippen LogP contribution < -0.4 is 0 Å². The van der Waals surface area contributed by atoms with E-state index in [0.29, 0.717) is 12.5 Å². The molecule has 7 heteroatoms. The quantitative estimate of drug-likeness (QED) is 0.916. The number of thiophene rings is 1. The summed E-state index contributed by atoms with van der Waals surface area (Å²) >= 11 is 0.989. The summed E-state index contributed by atoms with van der Waals surface area (Å²) in [6.45, 7) is 0.591. The smallest absolute Gasteiger partial charge is 0.336 e. The van der Waals surface area contributed by atoms with Gasteiger partial charge in [0.15, 0.2) is 0 Å². The highest BCUT2D eigenvalue weighted by Crippen LogP contribution is 2.41. The number of hydrogen-bond donors (Lipinski definition) is 1. The van der Waals surface area contributed by atoms with Gasteiger partial charge in [-0.15, -0.1) is 11.3 Å². The molecule has 98 valence electrons. The van der Waals surface area contributed by atoms with Gasteiger partial charge in [0.2, 0.25) is 0 Å². The summed E-state index contributed by atoms with van der Waals surface area (Å²) in [7, 11) is -3.49. The molecule has 2 bridgehead atoms. The van der Waals surface area contributed by atoms with Gasteiger partial charge in [0.1, 0.15) is 4.21 Å². The minimum Gasteiger partial charge on any atom is -0.478 e. The van der Waals surface area contributed by atoms with Gasteiger partial charge in [-0.3, -0.25) is 0 Å². The maximum Gasteiger partial charge on any atom is 0.336 e. The third-order valence-corrected chi connectivity index (χ3v) is 7.08. The van der Waals surface area contributed by atoms with Crippen LogP contribution in [0.3, 0.4) is 0 Å². The predicted octanol–water partition coefficient (Wildman–Crippen LogP) is 1.62. The Labute approximate surface area is 109 Å². The van der Waals surface area contributed by atoms with Gasteiger partial charge in [-0.25, -0.2) is 13.2 Å². The molecule has 2 unspecified atom stereocenters. The second kappa shape index (κ2) is 4.04. The van der Waals surface area contributed by atoms with E-state index >= 15 is 0 Å². The molecular formula is C11H13NO4S2. The van der Waals surface area contributed by atoms with E-state index in [1.807, 2.05) is 0 Å². The van der Waals surface area contributed by atoms with Gasteiger partial charge in [-0.1, -0.05) is 0 Å². The molecule has 0 amide bonds. The zero-order valence-electron chi connectivity index (χ0n) is 9.57. The molecule has 1 saturated heterocycles. The number of fused-ring (bicyclic) bond motifs is 2. The van der Waals surface area contributed by atoms with E-state index in [1.54, 1.807) is 4.31 Å². The Bertz CT molecular complexity index is 592. The first-order valence-corrected chi connectivity index (χ1v) is 8.14. The molecule has 2 aliphatic rings. The first-order valence-electron chi connectivity index (χ1n) is 5.82. The number of carbonyl (C=O) groups is 1. The number of carboxylic acid groups (broad SMARTS) is 1. The molecule has 1 aliphatic carbocycles. The van der Waals surface area contributed by atoms with E-state index in [-0.39, 0.29) is 15.8 Å². The third-order valence-electron chi connectivity index (χ3n) is 3.74. The Morgan fingerprint density at radius 1 is 1.44 bits per heavy atom. The lowest BCUT2D eigenvalue weighted by molar-refractivity contribution is 0.0697. The Kier molecular flexibility index (Phi) is 2.72. The molecular weight excluding hydrogens is 274 g/mol. The minimum atomic E-state index is -3.49. The number of nitrogens with zero attached hydrogens (tertiary/aromatic N) is 1. The zero-order chi connectivity index (χ0) is 12.9. The zero-order valence-corrected chi connectivity index (χ0v) is 11.2. The van der Waals surface area contributed by atoms with E-state index in [9.17, 15) is 13.2 Å². The maximum atomic E-state index is 12.4. The van der Waals surface area contributed by atoms with E-state index in [1.165, 1.54) is 11.4 Å². The number of rotatable bonds is 3. The normalized spacial score (nSPS) is 27.8. The predicted molar refractivity (Wildman–Crippen MR) is 66.3 cm³/mol. The van der Waals surface area contributed by atoms with Crippen LogP contribution in [0.25, 0.3) is 0 Å². The number of carboxylic acids is 1. The fourth-order valence-corrected chi connectivity index (χ4v) is 5.88. The molecule has 0 spiro atoms. The summed E-state index contributed by atoms with van der Waals surface area (Å²) in [5.41, 5.74) is 0.0444. The molecule has 1 saturated carbocycles. The van der Waals surface area contributed by atoms with Crippen LogP contribution in [0, 0.1) is 5.92 Å². The average Bonchev–Trinajstić information content (AvgIpc) is 3.04. The van der Waals surface area contributed by atoms with E-state index in [0.717, 1.165) is 30.6 Å². The molecule has 1 aromatic heterocycles. The van der Waals surface area contributed by atoms with Crippen LogP contribution in [0.1, 0.15) is 29.6 Å². The SMILES string of the molecule is O=C(O)c1csc(S(=O)(=O)N2CC3CCC2C3)c1. The fourth-order valence-electron chi connectivity index (χ4n) is 2.85. The Morgan fingerprint density at radius 2 is 2.22 bits per heavy atom. The molecule has 2 heterocycles. The Hall–Kier alpha value is -0.920. The number of aromatic carboxylic acids is 1. The molecule has 1 N–H and O–H groups in total. The van der Waals surface area contributed by atoms with Crippen LogP contribution in [-0.2, 0) is 10.0 Å². The molecule has 18 heavy (non-hydrogen) atoms. The van der Waals surface area contributed by atoms with Gasteiger partial charge >= 0.3 is 5.97 Å². The van der Waals surface area contributed by atoms with Gasteiger partial charge in [0, 0.05) is 18.0 Å². The van der Waals surface area contributed by atoms with Crippen LogP contribution in [0.15, 0.2) is 15.7 Å². The lowest BCUT2D eigenvalue weighted by Crippen LogP contribution is -2.37. The monoisotopic (exact) mass is 287 g/mol. The summed E-state index contributed by atoms with van der Waals surface area (Å²) in [5.74, 6) is -0.598. The highest BCUT2D eigenvalue weighted by Gasteiger charge is 2.44. The third kappa shape index (κ3) is 1.77. The van der Waals surface area contributed by atoms with Crippen molar-refractivity contribution in [1.82, 2.24) is 4.31 Å². The maximum absolute atomic E-state index is 12.4. The van der Waals surface area contributed by atoms with Gasteiger partial charge in [-0.05, 0) is 31.2 Å². The lowest BCUT2D eigenvalue weighted by atomic mass is 10.1. The van der Waals surface area contributed by atoms with Crippen LogP contribution in [-0.4, -0.2) is 36.4 Å². The minimum absolute atomic E-state index is 0.0444. The van der Waals surface area contributed by atoms with Gasteiger partial charge in [-0.2, -0.15) is 4.31 Å². The van der Waals surface area contributed by atoms with E-state index in [2.05, 4.69) is 0 Å². The number of piperidine rings is 1. The second-order valence-corrected chi connectivity index (χ2v) is 7.90. The molecule has 2 atom stereocenters. The highest BCUT2D eigenvalue weighted by atomic mass is 32.2. The van der Waals surface area contributed by atoms with Crippen molar-refractivity contribution in [2.45, 2.75) is 29.5 Å². The van der Waals surface area contributed by atoms with Crippen molar-refractivity contribution in [3.63, 3.8) is 0 Å². The van der Waals surface area contributed by atoms with Crippen LogP contribution >= 0.6 is 11.3 Å². The van der Waals surface area contributed by atoms with Crippen molar-refractivity contribution in [2.24, 2.45) is 5.92 Å². The fraction of sp³-hybridized carbons (Fsp3) is 0.545. The number of hydrogen-bond acceptors (Lipinski definition) is 4. The Morgan fingerprint density at radius 3 is 2.72 bits per heavy atom. The first-order chi connectivity index (χ1) is 8.48. The van der Waals surface area contributed by atoms with Crippen LogP contribution in [0.5, 0.6) is 0 Å². The Balaban J connectivity index is 1.92. The topological polar surface area (TPSA) is 74.7 Å². The molecule has 0 aromatic carbocycles. The van der Waals surface area contributed by atoms with Crippen molar-refractivity contribution in [3.05, 3.63) is 17.0 Å². The summed E-state index contributed by atoms with van der Waals surface area (Å²) in [4.78, 5) is 10.8. The van der Waals surface area contributed by atoms with Crippen LogP contribution in [0.2, 0.25) is 0 Å². The van der Waals surface area contributed by atoms with Crippen LogP contribution in [0.4, 0.5) is 0 Å².